The third-order valence-electron chi connectivity index (χ3n) is 5.99. The quantitative estimate of drug-likeness (QED) is 0.692. The number of ether oxygens (including phenoxy) is 2. The van der Waals surface area contributed by atoms with Crippen molar-refractivity contribution >= 4 is 34.6 Å². The van der Waals surface area contributed by atoms with Crippen LogP contribution in [0.15, 0.2) is 42.2 Å². The first-order valence-corrected chi connectivity index (χ1v) is 10.1. The zero-order chi connectivity index (χ0) is 19.6. The molecule has 2 aromatic rings. The number of aryl methyl sites for hydroxylation is 1. The minimum atomic E-state index is -0.261. The Kier molecular flexibility index (Phi) is 4.20. The monoisotopic (exact) mass is 416 g/mol. The molecule has 1 aliphatic carbocycles. The van der Waals surface area contributed by atoms with E-state index in [9.17, 15) is 9.90 Å². The summed E-state index contributed by atoms with van der Waals surface area (Å²) in [5, 5.41) is 11.8. The van der Waals surface area contributed by atoms with Crippen LogP contribution in [0.4, 0.5) is 0 Å². The molecule has 4 nitrogen and oxygen atoms in total. The van der Waals surface area contributed by atoms with Crippen LogP contribution in [-0.2, 0) is 9.53 Å². The highest BCUT2D eigenvalue weighted by Gasteiger charge is 2.59. The van der Waals surface area contributed by atoms with Crippen molar-refractivity contribution < 1.29 is 19.4 Å². The summed E-state index contributed by atoms with van der Waals surface area (Å²) in [6, 6.07) is 10.5. The second kappa shape index (κ2) is 6.51. The number of hydrogen-bond acceptors (Lipinski definition) is 4. The predicted molar refractivity (Wildman–Crippen MR) is 107 cm³/mol. The summed E-state index contributed by atoms with van der Waals surface area (Å²) in [5.41, 5.74) is 2.00. The first-order valence-electron chi connectivity index (χ1n) is 9.31. The van der Waals surface area contributed by atoms with Crippen molar-refractivity contribution in [2.45, 2.75) is 32.0 Å². The van der Waals surface area contributed by atoms with Crippen molar-refractivity contribution in [3.05, 3.63) is 63.3 Å². The summed E-state index contributed by atoms with van der Waals surface area (Å²) in [4.78, 5) is 13.1. The van der Waals surface area contributed by atoms with Crippen LogP contribution < -0.4 is 4.74 Å². The number of fused-ring (bicyclic) bond motifs is 5. The Bertz CT molecular complexity index is 1030. The van der Waals surface area contributed by atoms with E-state index in [1.165, 1.54) is 0 Å². The Hall–Kier alpha value is -2.01. The molecule has 4 atom stereocenters. The van der Waals surface area contributed by atoms with Crippen molar-refractivity contribution in [3.63, 3.8) is 0 Å². The molecule has 2 aromatic carbocycles. The van der Waals surface area contributed by atoms with Gasteiger partial charge in [-0.05, 0) is 61.2 Å². The van der Waals surface area contributed by atoms with E-state index >= 15 is 0 Å². The van der Waals surface area contributed by atoms with Gasteiger partial charge < -0.3 is 14.6 Å². The van der Waals surface area contributed by atoms with Gasteiger partial charge in [0.15, 0.2) is 5.78 Å². The Morgan fingerprint density at radius 3 is 2.54 bits per heavy atom. The van der Waals surface area contributed by atoms with Gasteiger partial charge in [-0.3, -0.25) is 4.79 Å². The summed E-state index contributed by atoms with van der Waals surface area (Å²) in [5.74, 6) is 0.667. The Labute approximate surface area is 172 Å². The second-order valence-electron chi connectivity index (χ2n) is 7.62. The normalized spacial score (nSPS) is 28.2. The second-order valence-corrected chi connectivity index (χ2v) is 8.46. The van der Waals surface area contributed by atoms with E-state index in [2.05, 4.69) is 0 Å². The lowest BCUT2D eigenvalue weighted by molar-refractivity contribution is -0.118. The summed E-state index contributed by atoms with van der Waals surface area (Å²) in [6.45, 7) is 1.92. The first-order chi connectivity index (χ1) is 13.4. The summed E-state index contributed by atoms with van der Waals surface area (Å²) in [7, 11) is 0. The molecule has 0 aromatic heterocycles. The van der Waals surface area contributed by atoms with Gasteiger partial charge in [0, 0.05) is 5.02 Å². The number of allylic oxidation sites excluding steroid dienone is 1. The number of Topliss-reactive ketones (excluding diaryl/α,β-unsaturated/α-hetero) is 1. The van der Waals surface area contributed by atoms with Crippen molar-refractivity contribution in [1.29, 1.82) is 0 Å². The van der Waals surface area contributed by atoms with Crippen molar-refractivity contribution in [3.8, 4) is 11.5 Å². The fourth-order valence-electron chi connectivity index (χ4n) is 4.71. The maximum Gasteiger partial charge on any atom is 0.173 e. The van der Waals surface area contributed by atoms with Gasteiger partial charge in [0.25, 0.3) is 0 Å². The van der Waals surface area contributed by atoms with Crippen LogP contribution in [0.3, 0.4) is 0 Å². The number of carbonyl (C=O) groups is 1. The number of aliphatic hydroxyl groups excluding tert-OH is 1. The molecule has 6 heteroatoms. The van der Waals surface area contributed by atoms with Crippen molar-refractivity contribution in [2.24, 2.45) is 11.8 Å². The number of rotatable bonds is 3. The molecule has 0 spiro atoms. The number of hydrogen-bond donors (Lipinski definition) is 1. The van der Waals surface area contributed by atoms with Crippen molar-refractivity contribution in [1.82, 2.24) is 0 Å². The maximum absolute atomic E-state index is 13.1. The molecule has 1 N–H and O–H groups in total. The molecule has 2 bridgehead atoms. The van der Waals surface area contributed by atoms with Crippen LogP contribution in [0.5, 0.6) is 11.5 Å². The minimum absolute atomic E-state index is 0.0283. The summed E-state index contributed by atoms with van der Waals surface area (Å²) < 4.78 is 11.8. The molecule has 2 saturated heterocycles. The molecule has 3 aliphatic rings. The van der Waals surface area contributed by atoms with Gasteiger partial charge in [0.05, 0.1) is 34.6 Å². The highest BCUT2D eigenvalue weighted by Crippen LogP contribution is 2.54. The predicted octanol–water partition coefficient (Wildman–Crippen LogP) is 5.74. The highest BCUT2D eigenvalue weighted by atomic mass is 35.5. The Morgan fingerprint density at radius 2 is 1.82 bits per heavy atom. The van der Waals surface area contributed by atoms with Crippen LogP contribution in [0, 0.1) is 18.8 Å². The molecule has 2 aliphatic heterocycles. The summed E-state index contributed by atoms with van der Waals surface area (Å²) in [6.07, 6.45) is 1.65. The van der Waals surface area contributed by atoms with Crippen molar-refractivity contribution in [2.75, 3.05) is 0 Å². The van der Waals surface area contributed by atoms with Gasteiger partial charge in [-0.25, -0.2) is 0 Å². The molecule has 5 rings (SSSR count). The smallest absolute Gasteiger partial charge is 0.173 e. The van der Waals surface area contributed by atoms with E-state index in [1.807, 2.05) is 19.1 Å². The molecule has 144 valence electrons. The lowest BCUT2D eigenvalue weighted by Gasteiger charge is -2.19. The standard InChI is InChI=1S/C22H18Cl2O4/c1-10-2-4-12(27-15-5-3-11(23)8-14(15)24)9-13(10)18-21(25)19-16-6-7-17(28-16)20(19)22(18)26/h2-5,8-9,16-17,19-20,25H,6-7H2,1H3/t16-,17+,19-,20+/m1/s1. The molecule has 2 fully saturated rings. The fourth-order valence-corrected chi connectivity index (χ4v) is 5.15. The van der Waals surface area contributed by atoms with Crippen LogP contribution in [-0.4, -0.2) is 23.1 Å². The SMILES string of the molecule is Cc1ccc(Oc2ccc(Cl)cc2Cl)cc1C1=C(O)[C@H]2[C@@H](C1=O)[C@@H]1CC[C@H]2O1. The van der Waals surface area contributed by atoms with Crippen LogP contribution >= 0.6 is 23.2 Å². The highest BCUT2D eigenvalue weighted by molar-refractivity contribution is 6.35. The molecule has 0 saturated carbocycles. The van der Waals surface area contributed by atoms with E-state index in [4.69, 9.17) is 32.7 Å². The van der Waals surface area contributed by atoms with E-state index in [0.717, 1.165) is 18.4 Å². The Balaban J connectivity index is 1.52. The average Bonchev–Trinajstić information content (AvgIpc) is 3.33. The zero-order valence-corrected chi connectivity index (χ0v) is 16.6. The van der Waals surface area contributed by atoms with E-state index < -0.39 is 0 Å². The van der Waals surface area contributed by atoms with E-state index in [0.29, 0.717) is 32.7 Å². The number of halogens is 2. The van der Waals surface area contributed by atoms with Crippen LogP contribution in [0.2, 0.25) is 10.0 Å². The number of benzene rings is 2. The molecular weight excluding hydrogens is 399 g/mol. The fraction of sp³-hybridized carbons (Fsp3) is 0.318. The van der Waals surface area contributed by atoms with E-state index in [1.54, 1.807) is 24.3 Å². The van der Waals surface area contributed by atoms with Gasteiger partial charge >= 0.3 is 0 Å². The zero-order valence-electron chi connectivity index (χ0n) is 15.1. The average molecular weight is 417 g/mol. The lowest BCUT2D eigenvalue weighted by Crippen LogP contribution is -2.29. The minimum Gasteiger partial charge on any atom is -0.511 e. The third-order valence-corrected chi connectivity index (χ3v) is 6.52. The first kappa shape index (κ1) is 18.0. The number of ketones is 1. The van der Waals surface area contributed by atoms with Gasteiger partial charge in [-0.2, -0.15) is 0 Å². The van der Waals surface area contributed by atoms with Crippen LogP contribution in [0.25, 0.3) is 5.57 Å². The van der Waals surface area contributed by atoms with Gasteiger partial charge in [0.1, 0.15) is 17.3 Å². The molecule has 0 unspecified atom stereocenters. The van der Waals surface area contributed by atoms with Gasteiger partial charge in [-0.15, -0.1) is 0 Å². The van der Waals surface area contributed by atoms with Crippen LogP contribution in [0.1, 0.15) is 24.0 Å². The third kappa shape index (κ3) is 2.66. The maximum atomic E-state index is 13.1. The molecular formula is C22H18Cl2O4. The number of aliphatic hydroxyl groups is 1. The molecule has 28 heavy (non-hydrogen) atoms. The van der Waals surface area contributed by atoms with Gasteiger partial charge in [-0.1, -0.05) is 29.3 Å². The topological polar surface area (TPSA) is 55.8 Å². The largest absolute Gasteiger partial charge is 0.511 e. The Morgan fingerprint density at radius 1 is 1.07 bits per heavy atom. The lowest BCUT2D eigenvalue weighted by atomic mass is 9.80. The number of carbonyl (C=O) groups excluding carboxylic acids is 1. The van der Waals surface area contributed by atoms with Gasteiger partial charge in [0.2, 0.25) is 0 Å². The van der Waals surface area contributed by atoms with E-state index in [-0.39, 0.29) is 35.6 Å². The molecule has 2 heterocycles. The summed E-state index contributed by atoms with van der Waals surface area (Å²) >= 11 is 12.1. The molecule has 0 radical (unpaired) electrons. The molecule has 0 amide bonds.